The van der Waals surface area contributed by atoms with E-state index < -0.39 is 0 Å². The molecular weight excluding hydrogens is 432 g/mol. The van der Waals surface area contributed by atoms with E-state index in [4.69, 9.17) is 0 Å². The standard InChI is InChI=1S/C18H24FN5.HI/c1-4-20-18(22-12-14-7-9-16(19)10-8-14)23-13-15-6-5-11-21-17(15)24(2)3;/h5-11H,4,12-13H2,1-3H3,(H2,20,22,23);1H. The van der Waals surface area contributed by atoms with Crippen molar-refractivity contribution in [3.05, 3.63) is 59.5 Å². The van der Waals surface area contributed by atoms with Gasteiger partial charge in [0, 0.05) is 38.9 Å². The second-order valence-electron chi connectivity index (χ2n) is 5.56. The van der Waals surface area contributed by atoms with Gasteiger partial charge < -0.3 is 15.5 Å². The van der Waals surface area contributed by atoms with Crippen LogP contribution in [0.2, 0.25) is 0 Å². The van der Waals surface area contributed by atoms with Gasteiger partial charge in [0.2, 0.25) is 0 Å². The third-order valence-corrected chi connectivity index (χ3v) is 3.41. The van der Waals surface area contributed by atoms with E-state index in [9.17, 15) is 4.39 Å². The van der Waals surface area contributed by atoms with Crippen LogP contribution in [0.5, 0.6) is 0 Å². The van der Waals surface area contributed by atoms with E-state index in [1.165, 1.54) is 12.1 Å². The molecule has 0 aliphatic carbocycles. The number of aromatic nitrogens is 1. The summed E-state index contributed by atoms with van der Waals surface area (Å²) < 4.78 is 12.9. The Morgan fingerprint density at radius 1 is 1.16 bits per heavy atom. The van der Waals surface area contributed by atoms with Gasteiger partial charge in [-0.05, 0) is 30.7 Å². The summed E-state index contributed by atoms with van der Waals surface area (Å²) in [6.45, 7) is 3.90. The lowest BCUT2D eigenvalue weighted by Gasteiger charge is -2.17. The zero-order valence-electron chi connectivity index (χ0n) is 14.8. The van der Waals surface area contributed by atoms with Gasteiger partial charge in [-0.25, -0.2) is 14.4 Å². The summed E-state index contributed by atoms with van der Waals surface area (Å²) >= 11 is 0. The molecule has 0 atom stereocenters. The molecule has 1 heterocycles. The van der Waals surface area contributed by atoms with E-state index in [-0.39, 0.29) is 29.8 Å². The Kier molecular flexibility index (Phi) is 9.18. The number of nitrogens with zero attached hydrogens (tertiary/aromatic N) is 3. The summed E-state index contributed by atoms with van der Waals surface area (Å²) in [5, 5.41) is 6.53. The molecule has 0 saturated heterocycles. The fourth-order valence-corrected chi connectivity index (χ4v) is 2.25. The molecule has 0 aliphatic rings. The number of nitrogens with one attached hydrogen (secondary N) is 2. The molecule has 0 radical (unpaired) electrons. The van der Waals surface area contributed by atoms with Crippen LogP contribution < -0.4 is 15.5 Å². The van der Waals surface area contributed by atoms with Crippen LogP contribution in [0.15, 0.2) is 47.6 Å². The number of halogens is 2. The third-order valence-electron chi connectivity index (χ3n) is 3.41. The zero-order valence-corrected chi connectivity index (χ0v) is 17.1. The number of anilines is 1. The molecule has 25 heavy (non-hydrogen) atoms. The largest absolute Gasteiger partial charge is 0.362 e. The molecular formula is C18H25FIN5. The van der Waals surface area contributed by atoms with Crippen LogP contribution in [0, 0.1) is 5.82 Å². The van der Waals surface area contributed by atoms with Gasteiger partial charge in [-0.3, -0.25) is 0 Å². The van der Waals surface area contributed by atoms with Crippen molar-refractivity contribution in [3.8, 4) is 0 Å². The maximum Gasteiger partial charge on any atom is 0.191 e. The predicted octanol–water partition coefficient (Wildman–Crippen LogP) is 3.16. The molecule has 2 rings (SSSR count). The van der Waals surface area contributed by atoms with Crippen LogP contribution in [0.3, 0.4) is 0 Å². The molecule has 1 aromatic heterocycles. The van der Waals surface area contributed by atoms with E-state index >= 15 is 0 Å². The second-order valence-corrected chi connectivity index (χ2v) is 5.56. The van der Waals surface area contributed by atoms with E-state index in [0.717, 1.165) is 29.4 Å². The fraction of sp³-hybridized carbons (Fsp3) is 0.333. The van der Waals surface area contributed by atoms with Crippen LogP contribution >= 0.6 is 24.0 Å². The molecule has 0 bridgehead atoms. The molecule has 5 nitrogen and oxygen atoms in total. The Morgan fingerprint density at radius 3 is 2.52 bits per heavy atom. The molecule has 0 amide bonds. The van der Waals surface area contributed by atoms with Gasteiger partial charge in [0.05, 0.1) is 6.54 Å². The minimum Gasteiger partial charge on any atom is -0.362 e. The Hall–Kier alpha value is -1.90. The Labute approximate surface area is 165 Å². The lowest BCUT2D eigenvalue weighted by molar-refractivity contribution is 0.627. The molecule has 2 N–H and O–H groups in total. The van der Waals surface area contributed by atoms with Crippen LogP contribution in [-0.4, -0.2) is 31.6 Å². The highest BCUT2D eigenvalue weighted by Crippen LogP contribution is 2.13. The van der Waals surface area contributed by atoms with Crippen molar-refractivity contribution in [2.24, 2.45) is 4.99 Å². The molecule has 0 spiro atoms. The number of hydrogen-bond acceptors (Lipinski definition) is 3. The quantitative estimate of drug-likeness (QED) is 0.398. The first-order valence-electron chi connectivity index (χ1n) is 7.98. The average Bonchev–Trinajstić information content (AvgIpc) is 2.59. The minimum absolute atomic E-state index is 0. The highest BCUT2D eigenvalue weighted by molar-refractivity contribution is 14.0. The highest BCUT2D eigenvalue weighted by Gasteiger charge is 2.06. The first-order chi connectivity index (χ1) is 11.6. The number of benzene rings is 1. The number of pyridine rings is 1. The first-order valence-corrected chi connectivity index (χ1v) is 7.98. The molecule has 1 aromatic carbocycles. The lowest BCUT2D eigenvalue weighted by Crippen LogP contribution is -2.37. The van der Waals surface area contributed by atoms with Crippen molar-refractivity contribution < 1.29 is 4.39 Å². The molecule has 7 heteroatoms. The zero-order chi connectivity index (χ0) is 17.4. The Balaban J connectivity index is 0.00000312. The SMILES string of the molecule is CCNC(=NCc1ccc(F)cc1)NCc1cccnc1N(C)C.I. The maximum atomic E-state index is 12.9. The lowest BCUT2D eigenvalue weighted by atomic mass is 10.2. The van der Waals surface area contributed by atoms with Crippen LogP contribution in [0.1, 0.15) is 18.1 Å². The maximum absolute atomic E-state index is 12.9. The van der Waals surface area contributed by atoms with Crippen molar-refractivity contribution in [2.45, 2.75) is 20.0 Å². The van der Waals surface area contributed by atoms with Gasteiger partial charge >= 0.3 is 0 Å². The molecule has 0 unspecified atom stereocenters. The molecule has 136 valence electrons. The van der Waals surface area contributed by atoms with Gasteiger partial charge in [0.25, 0.3) is 0 Å². The summed E-state index contributed by atoms with van der Waals surface area (Å²) in [5.41, 5.74) is 2.05. The van der Waals surface area contributed by atoms with Crippen molar-refractivity contribution >= 4 is 35.8 Å². The van der Waals surface area contributed by atoms with Gasteiger partial charge in [-0.15, -0.1) is 24.0 Å². The van der Waals surface area contributed by atoms with Crippen LogP contribution in [-0.2, 0) is 13.1 Å². The summed E-state index contributed by atoms with van der Waals surface area (Å²) in [7, 11) is 3.94. The summed E-state index contributed by atoms with van der Waals surface area (Å²) in [4.78, 5) is 10.9. The van der Waals surface area contributed by atoms with Gasteiger partial charge in [-0.1, -0.05) is 18.2 Å². The van der Waals surface area contributed by atoms with Crippen molar-refractivity contribution in [1.82, 2.24) is 15.6 Å². The van der Waals surface area contributed by atoms with Crippen LogP contribution in [0.4, 0.5) is 10.2 Å². The number of aliphatic imine (C=N–C) groups is 1. The number of hydrogen-bond donors (Lipinski definition) is 2. The van der Waals surface area contributed by atoms with Gasteiger partial charge in [0.1, 0.15) is 11.6 Å². The monoisotopic (exact) mass is 457 g/mol. The summed E-state index contributed by atoms with van der Waals surface area (Å²) in [5.74, 6) is 1.41. The summed E-state index contributed by atoms with van der Waals surface area (Å²) in [6, 6.07) is 10.3. The topological polar surface area (TPSA) is 52.6 Å². The number of rotatable bonds is 6. The predicted molar refractivity (Wildman–Crippen MR) is 112 cm³/mol. The molecule has 0 fully saturated rings. The van der Waals surface area contributed by atoms with E-state index in [1.807, 2.05) is 38.1 Å². The van der Waals surface area contributed by atoms with E-state index in [1.54, 1.807) is 18.3 Å². The van der Waals surface area contributed by atoms with E-state index in [2.05, 4.69) is 20.6 Å². The third kappa shape index (κ3) is 6.85. The molecule has 0 saturated carbocycles. The molecule has 2 aromatic rings. The first kappa shape index (κ1) is 21.1. The van der Waals surface area contributed by atoms with Crippen molar-refractivity contribution in [1.29, 1.82) is 0 Å². The number of guanidine groups is 1. The van der Waals surface area contributed by atoms with Gasteiger partial charge in [-0.2, -0.15) is 0 Å². The smallest absolute Gasteiger partial charge is 0.191 e. The average molecular weight is 457 g/mol. The fourth-order valence-electron chi connectivity index (χ4n) is 2.25. The van der Waals surface area contributed by atoms with Crippen molar-refractivity contribution in [3.63, 3.8) is 0 Å². The summed E-state index contributed by atoms with van der Waals surface area (Å²) in [6.07, 6.45) is 1.78. The minimum atomic E-state index is -0.236. The normalized spacial score (nSPS) is 10.8. The highest BCUT2D eigenvalue weighted by atomic mass is 127. The second kappa shape index (κ2) is 10.9. The van der Waals surface area contributed by atoms with Gasteiger partial charge in [0.15, 0.2) is 5.96 Å². The van der Waals surface area contributed by atoms with Crippen LogP contribution in [0.25, 0.3) is 0 Å². The Bertz CT molecular complexity index is 673. The Morgan fingerprint density at radius 2 is 1.88 bits per heavy atom. The van der Waals surface area contributed by atoms with Crippen molar-refractivity contribution in [2.75, 3.05) is 25.5 Å². The van der Waals surface area contributed by atoms with E-state index in [0.29, 0.717) is 13.1 Å². The molecule has 0 aliphatic heterocycles.